The van der Waals surface area contributed by atoms with Crippen molar-refractivity contribution in [1.82, 2.24) is 0 Å². The molecule has 0 spiro atoms. The minimum absolute atomic E-state index is 0.0586. The van der Waals surface area contributed by atoms with Gasteiger partial charge in [-0.05, 0) is 20.8 Å². The van der Waals surface area contributed by atoms with Crippen LogP contribution in [-0.4, -0.2) is 57.0 Å². The summed E-state index contributed by atoms with van der Waals surface area (Å²) in [7, 11) is 0. The molecule has 0 aliphatic heterocycles. The molecule has 0 unspecified atom stereocenters. The number of Topliss-reactive ketones (excluding diaryl/α,β-unsaturated/α-hetero) is 1. The Labute approximate surface area is 146 Å². The normalized spacial score (nSPS) is 12.2. The van der Waals surface area contributed by atoms with Crippen molar-refractivity contribution < 1.29 is 28.5 Å². The van der Waals surface area contributed by atoms with Crippen molar-refractivity contribution in [2.45, 2.75) is 60.0 Å². The molecule has 0 saturated carbocycles. The summed E-state index contributed by atoms with van der Waals surface area (Å²) in [4.78, 5) is 23.2. The number of hydrogen-bond acceptors (Lipinski definition) is 6. The summed E-state index contributed by atoms with van der Waals surface area (Å²) in [6.45, 7) is 14.0. The molecule has 0 rings (SSSR count). The molecule has 0 aromatic rings. The molecule has 0 aromatic carbocycles. The van der Waals surface area contributed by atoms with E-state index in [1.54, 1.807) is 0 Å². The van der Waals surface area contributed by atoms with Crippen LogP contribution in [-0.2, 0) is 28.5 Å². The lowest BCUT2D eigenvalue weighted by molar-refractivity contribution is -0.147. The van der Waals surface area contributed by atoms with Crippen molar-refractivity contribution in [3.8, 4) is 0 Å². The standard InChI is InChI=1S/C18H34O6/c1-17(2,3)15(19)7-8-16(20)23-13-11-21-9-10-22-12-14-24-18(4,5)6/h7-14H2,1-6H3. The third-order valence-corrected chi connectivity index (χ3v) is 3.02. The first kappa shape index (κ1) is 23.0. The average molecular weight is 346 g/mol. The van der Waals surface area contributed by atoms with Gasteiger partial charge in [-0.1, -0.05) is 20.8 Å². The number of hydrogen-bond donors (Lipinski definition) is 0. The maximum Gasteiger partial charge on any atom is 0.306 e. The molecule has 0 radical (unpaired) electrons. The lowest BCUT2D eigenvalue weighted by Gasteiger charge is -2.19. The molecule has 0 saturated heterocycles. The van der Waals surface area contributed by atoms with Crippen molar-refractivity contribution in [3.63, 3.8) is 0 Å². The van der Waals surface area contributed by atoms with Crippen molar-refractivity contribution in [3.05, 3.63) is 0 Å². The molecule has 0 fully saturated rings. The molecule has 6 nitrogen and oxygen atoms in total. The van der Waals surface area contributed by atoms with Gasteiger partial charge in [-0.3, -0.25) is 9.59 Å². The van der Waals surface area contributed by atoms with Crippen LogP contribution in [0.25, 0.3) is 0 Å². The van der Waals surface area contributed by atoms with Crippen LogP contribution in [0, 0.1) is 5.41 Å². The lowest BCUT2D eigenvalue weighted by atomic mass is 9.88. The summed E-state index contributed by atoms with van der Waals surface area (Å²) in [6.07, 6.45) is 0.334. The molecule has 0 bridgehead atoms. The minimum atomic E-state index is -0.415. The van der Waals surface area contributed by atoms with Crippen molar-refractivity contribution in [2.75, 3.05) is 39.6 Å². The molecule has 0 amide bonds. The first-order valence-electron chi connectivity index (χ1n) is 8.51. The Balaban J connectivity index is 3.41. The predicted molar refractivity (Wildman–Crippen MR) is 92.0 cm³/mol. The smallest absolute Gasteiger partial charge is 0.306 e. The van der Waals surface area contributed by atoms with E-state index in [1.807, 2.05) is 41.5 Å². The zero-order chi connectivity index (χ0) is 18.6. The van der Waals surface area contributed by atoms with Crippen LogP contribution < -0.4 is 0 Å². The highest BCUT2D eigenvalue weighted by Gasteiger charge is 2.21. The first-order chi connectivity index (χ1) is 11.0. The zero-order valence-corrected chi connectivity index (χ0v) is 16.1. The Bertz CT molecular complexity index is 365. The van der Waals surface area contributed by atoms with Gasteiger partial charge in [-0.25, -0.2) is 0 Å². The van der Waals surface area contributed by atoms with Gasteiger partial charge >= 0.3 is 5.97 Å². The van der Waals surface area contributed by atoms with Crippen molar-refractivity contribution in [2.24, 2.45) is 5.41 Å². The van der Waals surface area contributed by atoms with Crippen LogP contribution in [0.15, 0.2) is 0 Å². The van der Waals surface area contributed by atoms with Crippen LogP contribution in [0.5, 0.6) is 0 Å². The fraction of sp³-hybridized carbons (Fsp3) is 0.889. The van der Waals surface area contributed by atoms with E-state index in [2.05, 4.69) is 0 Å². The van der Waals surface area contributed by atoms with Crippen molar-refractivity contribution >= 4 is 11.8 Å². The molecule has 0 aliphatic rings. The summed E-state index contributed by atoms with van der Waals surface area (Å²) in [5, 5.41) is 0. The van der Waals surface area contributed by atoms with E-state index in [1.165, 1.54) is 0 Å². The lowest BCUT2D eigenvalue weighted by Crippen LogP contribution is -2.22. The second-order valence-electron chi connectivity index (χ2n) is 7.58. The number of ketones is 1. The third-order valence-electron chi connectivity index (χ3n) is 3.02. The van der Waals surface area contributed by atoms with Gasteiger partial charge in [-0.2, -0.15) is 0 Å². The van der Waals surface area contributed by atoms with Crippen LogP contribution in [0.1, 0.15) is 54.4 Å². The molecule has 0 aliphatic carbocycles. The van der Waals surface area contributed by atoms with E-state index in [-0.39, 0.29) is 36.8 Å². The zero-order valence-electron chi connectivity index (χ0n) is 16.1. The number of rotatable bonds is 12. The average Bonchev–Trinajstić information content (AvgIpc) is 2.44. The van der Waals surface area contributed by atoms with Gasteiger partial charge in [0.1, 0.15) is 12.4 Å². The molecule has 142 valence electrons. The van der Waals surface area contributed by atoms with E-state index in [4.69, 9.17) is 18.9 Å². The molecule has 0 N–H and O–H groups in total. The number of carbonyl (C=O) groups is 2. The summed E-state index contributed by atoms with van der Waals surface area (Å²) in [5.74, 6) is -0.310. The van der Waals surface area contributed by atoms with Crippen molar-refractivity contribution in [1.29, 1.82) is 0 Å². The van der Waals surface area contributed by atoms with Gasteiger partial charge in [0, 0.05) is 11.8 Å². The molecule has 0 atom stereocenters. The Morgan fingerprint density at radius 2 is 1.21 bits per heavy atom. The highest BCUT2D eigenvalue weighted by molar-refractivity contribution is 5.86. The fourth-order valence-corrected chi connectivity index (χ4v) is 1.61. The number of carbonyl (C=O) groups excluding carboxylic acids is 2. The molecule has 24 heavy (non-hydrogen) atoms. The van der Waals surface area contributed by atoms with Crippen LogP contribution in [0.3, 0.4) is 0 Å². The van der Waals surface area contributed by atoms with E-state index in [9.17, 15) is 9.59 Å². The van der Waals surface area contributed by atoms with Crippen LogP contribution >= 0.6 is 0 Å². The van der Waals surface area contributed by atoms with Gasteiger partial charge in [-0.15, -0.1) is 0 Å². The van der Waals surface area contributed by atoms with E-state index >= 15 is 0 Å². The Morgan fingerprint density at radius 1 is 0.708 bits per heavy atom. The van der Waals surface area contributed by atoms with Gasteiger partial charge in [0.15, 0.2) is 0 Å². The quantitative estimate of drug-likeness (QED) is 0.400. The van der Waals surface area contributed by atoms with E-state index in [0.29, 0.717) is 33.0 Å². The topological polar surface area (TPSA) is 71.1 Å². The van der Waals surface area contributed by atoms with Gasteiger partial charge in [0.05, 0.1) is 45.1 Å². The highest BCUT2D eigenvalue weighted by atomic mass is 16.6. The molecule has 6 heteroatoms. The second kappa shape index (κ2) is 11.6. The molecule has 0 aromatic heterocycles. The Kier molecular flexibility index (Phi) is 11.1. The predicted octanol–water partition coefficient (Wildman–Crippen LogP) is 2.77. The number of esters is 1. The minimum Gasteiger partial charge on any atom is -0.463 e. The largest absolute Gasteiger partial charge is 0.463 e. The molecular weight excluding hydrogens is 312 g/mol. The monoisotopic (exact) mass is 346 g/mol. The second-order valence-corrected chi connectivity index (χ2v) is 7.58. The number of ether oxygens (including phenoxy) is 4. The van der Waals surface area contributed by atoms with E-state index in [0.717, 1.165) is 0 Å². The fourth-order valence-electron chi connectivity index (χ4n) is 1.61. The van der Waals surface area contributed by atoms with Gasteiger partial charge in [0.2, 0.25) is 0 Å². The Hall–Kier alpha value is -0.980. The van der Waals surface area contributed by atoms with Crippen LogP contribution in [0.2, 0.25) is 0 Å². The maximum absolute atomic E-state index is 11.7. The summed E-state index contributed by atoms with van der Waals surface area (Å²) >= 11 is 0. The summed E-state index contributed by atoms with van der Waals surface area (Å²) in [6, 6.07) is 0. The summed E-state index contributed by atoms with van der Waals surface area (Å²) in [5.41, 5.74) is -0.567. The first-order valence-corrected chi connectivity index (χ1v) is 8.51. The van der Waals surface area contributed by atoms with Gasteiger partial charge in [0.25, 0.3) is 0 Å². The Morgan fingerprint density at radius 3 is 1.71 bits per heavy atom. The highest BCUT2D eigenvalue weighted by Crippen LogP contribution is 2.17. The maximum atomic E-state index is 11.7. The van der Waals surface area contributed by atoms with Crippen LogP contribution in [0.4, 0.5) is 0 Å². The third kappa shape index (κ3) is 14.6. The summed E-state index contributed by atoms with van der Waals surface area (Å²) < 4.78 is 21.2. The SMILES string of the molecule is CC(C)(C)OCCOCCOCCOC(=O)CCC(=O)C(C)(C)C. The van der Waals surface area contributed by atoms with E-state index < -0.39 is 5.41 Å². The molecular formula is C18H34O6. The van der Waals surface area contributed by atoms with Gasteiger partial charge < -0.3 is 18.9 Å². The molecule has 0 heterocycles.